The lowest BCUT2D eigenvalue weighted by Crippen LogP contribution is -2.35. The first-order valence-corrected chi connectivity index (χ1v) is 6.92. The molecule has 0 saturated carbocycles. The Morgan fingerprint density at radius 3 is 2.74 bits per heavy atom. The predicted molar refractivity (Wildman–Crippen MR) is 79.2 cm³/mol. The van der Waals surface area contributed by atoms with E-state index in [1.165, 1.54) is 12.3 Å². The van der Waals surface area contributed by atoms with Gasteiger partial charge in [-0.3, -0.25) is 9.78 Å². The topological polar surface area (TPSA) is 71.5 Å². The molecule has 0 radical (unpaired) electrons. The Bertz CT molecular complexity index is 678. The lowest BCUT2D eigenvalue weighted by molar-refractivity contribution is 0.0843. The summed E-state index contributed by atoms with van der Waals surface area (Å²) in [7, 11) is 0. The van der Waals surface area contributed by atoms with Gasteiger partial charge >= 0.3 is 0 Å². The van der Waals surface area contributed by atoms with Crippen molar-refractivity contribution >= 4 is 5.91 Å². The first-order chi connectivity index (χ1) is 11.0. The van der Waals surface area contributed by atoms with Crippen LogP contribution in [0.4, 0.5) is 8.78 Å². The van der Waals surface area contributed by atoms with Gasteiger partial charge in [0.05, 0.1) is 5.56 Å². The maximum absolute atomic E-state index is 13.0. The highest BCUT2D eigenvalue weighted by Crippen LogP contribution is 2.15. The third kappa shape index (κ3) is 5.00. The van der Waals surface area contributed by atoms with Crippen LogP contribution in [0.25, 0.3) is 0 Å². The fourth-order valence-electron chi connectivity index (χ4n) is 1.73. The van der Waals surface area contributed by atoms with E-state index in [9.17, 15) is 18.7 Å². The number of aliphatic hydroxyl groups excluding tert-OH is 1. The second-order valence-corrected chi connectivity index (χ2v) is 4.94. The summed E-state index contributed by atoms with van der Waals surface area (Å²) in [6, 6.07) is 6.41. The number of carbonyl (C=O) groups is 1. The Morgan fingerprint density at radius 1 is 1.30 bits per heavy atom. The molecule has 1 heterocycles. The van der Waals surface area contributed by atoms with Crippen molar-refractivity contribution in [2.24, 2.45) is 0 Å². The molecule has 0 saturated heterocycles. The number of pyridine rings is 1. The number of halogens is 2. The minimum absolute atomic E-state index is 0.0453. The Kier molecular flexibility index (Phi) is 5.59. The fraction of sp³-hybridized carbons (Fsp3) is 0.250. The van der Waals surface area contributed by atoms with E-state index >= 15 is 0 Å². The number of nitrogens with one attached hydrogen (secondary N) is 1. The van der Waals surface area contributed by atoms with E-state index in [1.807, 2.05) is 0 Å². The summed E-state index contributed by atoms with van der Waals surface area (Å²) in [5.41, 5.74) is 1.17. The van der Waals surface area contributed by atoms with Crippen LogP contribution in [0.2, 0.25) is 0 Å². The van der Waals surface area contributed by atoms with Crippen molar-refractivity contribution in [1.82, 2.24) is 10.3 Å². The Morgan fingerprint density at radius 2 is 2.09 bits per heavy atom. The van der Waals surface area contributed by atoms with Crippen LogP contribution in [-0.2, 0) is 0 Å². The lowest BCUT2D eigenvalue weighted by atomic mass is 10.2. The number of carbonyl (C=O) groups excluding carboxylic acids is 1. The largest absolute Gasteiger partial charge is 0.491 e. The van der Waals surface area contributed by atoms with Crippen molar-refractivity contribution in [1.29, 1.82) is 0 Å². The van der Waals surface area contributed by atoms with Crippen molar-refractivity contribution in [2.45, 2.75) is 13.0 Å². The van der Waals surface area contributed by atoms with Gasteiger partial charge in [-0.05, 0) is 31.2 Å². The van der Waals surface area contributed by atoms with Gasteiger partial charge in [0, 0.05) is 24.5 Å². The van der Waals surface area contributed by atoms with Crippen LogP contribution in [0.3, 0.4) is 0 Å². The van der Waals surface area contributed by atoms with Crippen molar-refractivity contribution in [3.05, 3.63) is 59.4 Å². The summed E-state index contributed by atoms with van der Waals surface area (Å²) in [5, 5.41) is 12.3. The zero-order chi connectivity index (χ0) is 16.8. The number of hydrogen-bond donors (Lipinski definition) is 2. The summed E-state index contributed by atoms with van der Waals surface area (Å²) in [6.07, 6.45) is 0.444. The van der Waals surface area contributed by atoms with Gasteiger partial charge in [-0.25, -0.2) is 8.78 Å². The van der Waals surface area contributed by atoms with E-state index in [0.717, 1.165) is 17.8 Å². The van der Waals surface area contributed by atoms with Gasteiger partial charge in [-0.15, -0.1) is 0 Å². The molecule has 0 bridgehead atoms. The molecule has 0 aliphatic heterocycles. The normalized spacial score (nSPS) is 11.8. The molecule has 1 amide bonds. The smallest absolute Gasteiger partial charge is 0.252 e. The van der Waals surface area contributed by atoms with E-state index in [4.69, 9.17) is 4.74 Å². The molecule has 122 valence electrons. The zero-order valence-corrected chi connectivity index (χ0v) is 12.4. The third-order valence-corrected chi connectivity index (χ3v) is 3.01. The van der Waals surface area contributed by atoms with Gasteiger partial charge in [0.2, 0.25) is 0 Å². The zero-order valence-electron chi connectivity index (χ0n) is 12.4. The number of amides is 1. The maximum atomic E-state index is 13.0. The van der Waals surface area contributed by atoms with Gasteiger partial charge < -0.3 is 15.2 Å². The summed E-state index contributed by atoms with van der Waals surface area (Å²) < 4.78 is 30.9. The standard InChI is InChI=1S/C16H16F2N2O3/c1-10-2-3-11(7-19-10)16(22)20-8-12(21)9-23-13-4-5-14(17)15(18)6-13/h2-7,12,21H,8-9H2,1H3,(H,20,22)/t12-/m0/s1. The summed E-state index contributed by atoms with van der Waals surface area (Å²) >= 11 is 0. The Balaban J connectivity index is 1.78. The molecule has 1 aromatic carbocycles. The second kappa shape index (κ2) is 7.64. The summed E-state index contributed by atoms with van der Waals surface area (Å²) in [6.45, 7) is 1.59. The Hall–Kier alpha value is -2.54. The molecule has 5 nitrogen and oxygen atoms in total. The Labute approximate surface area is 131 Å². The molecule has 7 heteroatoms. The van der Waals surface area contributed by atoms with Crippen LogP contribution in [-0.4, -0.2) is 35.3 Å². The average molecular weight is 322 g/mol. The number of ether oxygens (including phenoxy) is 1. The number of aliphatic hydroxyl groups is 1. The van der Waals surface area contributed by atoms with Crippen molar-refractivity contribution < 1.29 is 23.4 Å². The van der Waals surface area contributed by atoms with E-state index in [-0.39, 0.29) is 24.8 Å². The van der Waals surface area contributed by atoms with E-state index < -0.39 is 17.7 Å². The predicted octanol–water partition coefficient (Wildman–Crippen LogP) is 1.84. The first kappa shape index (κ1) is 16.8. The molecule has 0 fully saturated rings. The number of nitrogens with zero attached hydrogens (tertiary/aromatic N) is 1. The molecular weight excluding hydrogens is 306 g/mol. The molecular formula is C16H16F2N2O3. The van der Waals surface area contributed by atoms with Crippen molar-refractivity contribution in [3.63, 3.8) is 0 Å². The van der Waals surface area contributed by atoms with Crippen LogP contribution >= 0.6 is 0 Å². The first-order valence-electron chi connectivity index (χ1n) is 6.92. The van der Waals surface area contributed by atoms with E-state index in [0.29, 0.717) is 5.56 Å². The third-order valence-electron chi connectivity index (χ3n) is 3.01. The molecule has 2 N–H and O–H groups in total. The average Bonchev–Trinajstić information content (AvgIpc) is 2.54. The molecule has 1 aromatic heterocycles. The summed E-state index contributed by atoms with van der Waals surface area (Å²) in [4.78, 5) is 15.8. The van der Waals surface area contributed by atoms with Crippen molar-refractivity contribution in [2.75, 3.05) is 13.2 Å². The molecule has 2 rings (SSSR count). The van der Waals surface area contributed by atoms with Crippen molar-refractivity contribution in [3.8, 4) is 5.75 Å². The molecule has 2 aromatic rings. The maximum Gasteiger partial charge on any atom is 0.252 e. The number of benzene rings is 1. The van der Waals surface area contributed by atoms with E-state index in [2.05, 4.69) is 10.3 Å². The minimum atomic E-state index is -1.03. The number of aryl methyl sites for hydroxylation is 1. The lowest BCUT2D eigenvalue weighted by Gasteiger charge is -2.13. The second-order valence-electron chi connectivity index (χ2n) is 4.94. The molecule has 0 spiro atoms. The van der Waals surface area contributed by atoms with Crippen LogP contribution in [0.1, 0.15) is 16.1 Å². The highest BCUT2D eigenvalue weighted by Gasteiger charge is 2.11. The highest BCUT2D eigenvalue weighted by atomic mass is 19.2. The number of hydrogen-bond acceptors (Lipinski definition) is 4. The summed E-state index contributed by atoms with van der Waals surface area (Å²) in [5.74, 6) is -2.28. The van der Waals surface area contributed by atoms with Gasteiger partial charge in [0.15, 0.2) is 11.6 Å². The van der Waals surface area contributed by atoms with Gasteiger partial charge in [-0.2, -0.15) is 0 Å². The van der Waals surface area contributed by atoms with Gasteiger partial charge in [0.25, 0.3) is 5.91 Å². The van der Waals surface area contributed by atoms with Crippen LogP contribution in [0.15, 0.2) is 36.5 Å². The SMILES string of the molecule is Cc1ccc(C(=O)NC[C@H](O)COc2ccc(F)c(F)c2)cn1. The van der Waals surface area contributed by atoms with Crippen LogP contribution in [0.5, 0.6) is 5.75 Å². The molecule has 1 atom stereocenters. The van der Waals surface area contributed by atoms with Gasteiger partial charge in [-0.1, -0.05) is 0 Å². The highest BCUT2D eigenvalue weighted by molar-refractivity contribution is 5.93. The molecule has 0 aliphatic carbocycles. The van der Waals surface area contributed by atoms with Gasteiger partial charge in [0.1, 0.15) is 18.5 Å². The molecule has 0 aliphatic rings. The van der Waals surface area contributed by atoms with Crippen LogP contribution < -0.4 is 10.1 Å². The van der Waals surface area contributed by atoms with E-state index in [1.54, 1.807) is 19.1 Å². The quantitative estimate of drug-likeness (QED) is 0.851. The van der Waals surface area contributed by atoms with Crippen LogP contribution in [0, 0.1) is 18.6 Å². The molecule has 0 unspecified atom stereocenters. The fourth-order valence-corrected chi connectivity index (χ4v) is 1.73. The number of rotatable bonds is 6. The monoisotopic (exact) mass is 322 g/mol. The minimum Gasteiger partial charge on any atom is -0.491 e. The molecule has 23 heavy (non-hydrogen) atoms. The number of aromatic nitrogens is 1.